The molecule has 0 saturated heterocycles. The number of carbonyl (C=O) groups is 4. The zero-order valence-corrected chi connectivity index (χ0v) is 18.6. The number of halogens is 1. The zero-order valence-electron chi connectivity index (χ0n) is 17.8. The minimum atomic E-state index is -1.49. The van der Waals surface area contributed by atoms with E-state index in [1.54, 1.807) is 19.1 Å². The van der Waals surface area contributed by atoms with Crippen LogP contribution in [0.25, 0.3) is 0 Å². The molecule has 1 aromatic carbocycles. The fourth-order valence-electron chi connectivity index (χ4n) is 2.71. The van der Waals surface area contributed by atoms with Crippen molar-refractivity contribution in [3.8, 4) is 5.75 Å². The fourth-order valence-corrected chi connectivity index (χ4v) is 2.89. The molecule has 0 aliphatic carbocycles. The predicted molar refractivity (Wildman–Crippen MR) is 116 cm³/mol. The minimum Gasteiger partial charge on any atom is -0.508 e. The van der Waals surface area contributed by atoms with Crippen molar-refractivity contribution in [2.75, 3.05) is 13.2 Å². The number of aliphatic carboxylic acids is 1. The van der Waals surface area contributed by atoms with Gasteiger partial charge in [-0.1, -0.05) is 32.4 Å². The molecule has 3 amide bonds. The maximum Gasteiger partial charge on any atom is 0.328 e. The van der Waals surface area contributed by atoms with Gasteiger partial charge in [-0.2, -0.15) is 0 Å². The monoisotopic (exact) mass is 472 g/mol. The first-order valence-corrected chi connectivity index (χ1v) is 10.4. The number of carboxylic acid groups (broad SMARTS) is 1. The van der Waals surface area contributed by atoms with Crippen LogP contribution < -0.4 is 20.8 Å². The van der Waals surface area contributed by atoms with Gasteiger partial charge < -0.3 is 31.3 Å². The Kier molecular flexibility index (Phi) is 11.5. The maximum absolute atomic E-state index is 12.7. The molecule has 0 unspecified atom stereocenters. The van der Waals surface area contributed by atoms with Gasteiger partial charge in [-0.15, -0.1) is 0 Å². The van der Waals surface area contributed by atoms with Gasteiger partial charge in [0, 0.05) is 0 Å². The van der Waals surface area contributed by atoms with Crippen LogP contribution in [0.1, 0.15) is 25.8 Å². The summed E-state index contributed by atoms with van der Waals surface area (Å²) in [7, 11) is 0. The highest BCUT2D eigenvalue weighted by Gasteiger charge is 2.29. The highest BCUT2D eigenvalue weighted by atomic mass is 35.5. The number of hydrogen-bond donors (Lipinski definition) is 7. The van der Waals surface area contributed by atoms with Crippen molar-refractivity contribution >= 4 is 35.5 Å². The van der Waals surface area contributed by atoms with Crippen molar-refractivity contribution in [2.24, 2.45) is 5.92 Å². The molecular formula is C20H29ClN4O7. The van der Waals surface area contributed by atoms with Gasteiger partial charge in [0.15, 0.2) is 0 Å². The Morgan fingerprint density at radius 2 is 1.66 bits per heavy atom. The Bertz CT molecular complexity index is 791. The molecule has 0 aromatic heterocycles. The lowest BCUT2D eigenvalue weighted by Gasteiger charge is -2.25. The van der Waals surface area contributed by atoms with Crippen molar-refractivity contribution in [1.82, 2.24) is 20.8 Å². The van der Waals surface area contributed by atoms with E-state index in [2.05, 4.69) is 20.8 Å². The van der Waals surface area contributed by atoms with E-state index >= 15 is 0 Å². The van der Waals surface area contributed by atoms with Gasteiger partial charge in [-0.25, -0.2) is 9.63 Å². The molecule has 11 nitrogen and oxygen atoms in total. The van der Waals surface area contributed by atoms with E-state index in [0.717, 1.165) is 5.56 Å². The zero-order chi connectivity index (χ0) is 24.3. The van der Waals surface area contributed by atoms with Gasteiger partial charge >= 0.3 is 5.97 Å². The number of carboxylic acids is 1. The number of benzene rings is 1. The lowest BCUT2D eigenvalue weighted by Crippen LogP contribution is -2.56. The number of amides is 3. The normalized spacial score (nSPS) is 14.5. The van der Waals surface area contributed by atoms with Crippen LogP contribution in [0.3, 0.4) is 0 Å². The van der Waals surface area contributed by atoms with Crippen LogP contribution in [0.4, 0.5) is 0 Å². The number of aliphatic hydroxyl groups excluding tert-OH is 1. The van der Waals surface area contributed by atoms with Crippen LogP contribution in [-0.4, -0.2) is 70.3 Å². The van der Waals surface area contributed by atoms with Crippen molar-refractivity contribution in [1.29, 1.82) is 0 Å². The third-order valence-corrected chi connectivity index (χ3v) is 5.12. The molecule has 0 aliphatic rings. The molecule has 0 spiro atoms. The predicted octanol–water partition coefficient (Wildman–Crippen LogP) is -0.744. The van der Waals surface area contributed by atoms with Crippen LogP contribution in [0.5, 0.6) is 5.75 Å². The molecule has 0 fully saturated rings. The van der Waals surface area contributed by atoms with Crippen molar-refractivity contribution in [3.05, 3.63) is 29.8 Å². The van der Waals surface area contributed by atoms with E-state index in [-0.39, 0.29) is 18.1 Å². The van der Waals surface area contributed by atoms with E-state index in [0.29, 0.717) is 6.42 Å². The van der Waals surface area contributed by atoms with Crippen LogP contribution in [0, 0.1) is 5.92 Å². The number of carbonyl (C=O) groups excluding carboxylic acids is 3. The average Bonchev–Trinajstić information content (AvgIpc) is 2.77. The second-order valence-corrected chi connectivity index (χ2v) is 7.48. The number of nitrogens with one attached hydrogen (secondary N) is 4. The lowest BCUT2D eigenvalue weighted by molar-refractivity contribution is -0.142. The summed E-state index contributed by atoms with van der Waals surface area (Å²) in [4.78, 5) is 50.4. The first-order chi connectivity index (χ1) is 15.1. The topological polar surface area (TPSA) is 177 Å². The van der Waals surface area contributed by atoms with Gasteiger partial charge in [0.2, 0.25) is 17.7 Å². The minimum absolute atomic E-state index is 0.0831. The molecule has 0 heterocycles. The highest BCUT2D eigenvalue weighted by molar-refractivity contribution is 6.15. The highest BCUT2D eigenvalue weighted by Crippen LogP contribution is 2.13. The van der Waals surface area contributed by atoms with Crippen molar-refractivity contribution < 1.29 is 34.5 Å². The van der Waals surface area contributed by atoms with Crippen molar-refractivity contribution in [2.45, 2.75) is 44.8 Å². The first kappa shape index (κ1) is 27.1. The number of phenolic OH excluding ortho intramolecular Hbond substituents is 1. The van der Waals surface area contributed by atoms with E-state index in [1.165, 1.54) is 12.1 Å². The molecule has 1 rings (SSSR count). The molecule has 4 atom stereocenters. The lowest BCUT2D eigenvalue weighted by atomic mass is 9.97. The Morgan fingerprint density at radius 1 is 1.03 bits per heavy atom. The largest absolute Gasteiger partial charge is 0.508 e. The third-order valence-electron chi connectivity index (χ3n) is 4.86. The summed E-state index contributed by atoms with van der Waals surface area (Å²) in [5, 5.41) is 34.2. The fraction of sp³-hybridized carbons (Fsp3) is 0.500. The average molecular weight is 473 g/mol. The molecule has 0 aliphatic heterocycles. The van der Waals surface area contributed by atoms with Crippen LogP contribution in [0.15, 0.2) is 24.3 Å². The standard InChI is InChI=1S/C20H29ClN4O7/c1-3-11(2)17(19(30)22-9-16(28)23-15(10-26)20(31)32)24-18(29)14(25-21)8-12-4-6-13(27)7-5-12/h4-7,11,14-15,17,25-27H,3,8-10H2,1-2H3,(H,22,30)(H,23,28)(H,24,29)(H,31,32)/t11-,14-,15-,17-/m0/s1. The van der Waals surface area contributed by atoms with E-state index in [4.69, 9.17) is 22.0 Å². The molecule has 7 N–H and O–H groups in total. The Balaban J connectivity index is 2.76. The number of phenols is 1. The summed E-state index contributed by atoms with van der Waals surface area (Å²) in [6.45, 7) is 2.25. The summed E-state index contributed by atoms with van der Waals surface area (Å²) >= 11 is 5.73. The second-order valence-electron chi connectivity index (χ2n) is 7.26. The SMILES string of the molecule is CC[C@H](C)[C@H](NC(=O)[C@H](Cc1ccc(O)cc1)NCl)C(=O)NCC(=O)N[C@@H](CO)C(=O)O. The van der Waals surface area contributed by atoms with Crippen LogP contribution >= 0.6 is 11.8 Å². The molecule has 0 radical (unpaired) electrons. The number of aromatic hydroxyl groups is 1. The summed E-state index contributed by atoms with van der Waals surface area (Å²) in [5.41, 5.74) is 0.731. The van der Waals surface area contributed by atoms with Crippen LogP contribution in [-0.2, 0) is 25.6 Å². The Hall–Kier alpha value is -2.89. The molecule has 178 valence electrons. The quantitative estimate of drug-likeness (QED) is 0.183. The summed E-state index contributed by atoms with van der Waals surface area (Å²) < 4.78 is 0. The maximum atomic E-state index is 12.7. The number of rotatable bonds is 13. The van der Waals surface area contributed by atoms with Crippen LogP contribution in [0.2, 0.25) is 0 Å². The molecule has 0 saturated carbocycles. The summed E-state index contributed by atoms with van der Waals surface area (Å²) in [5.74, 6) is -3.58. The summed E-state index contributed by atoms with van der Waals surface area (Å²) in [6.07, 6.45) is 0.748. The number of aliphatic hydroxyl groups is 1. The second kappa shape index (κ2) is 13.5. The van der Waals surface area contributed by atoms with E-state index in [9.17, 15) is 24.3 Å². The van der Waals surface area contributed by atoms with Gasteiger partial charge in [-0.05, 0) is 41.8 Å². The van der Waals surface area contributed by atoms with Gasteiger partial charge in [0.25, 0.3) is 0 Å². The first-order valence-electron chi connectivity index (χ1n) is 9.98. The molecule has 1 aromatic rings. The molecule has 12 heteroatoms. The Morgan fingerprint density at radius 3 is 2.16 bits per heavy atom. The smallest absolute Gasteiger partial charge is 0.328 e. The van der Waals surface area contributed by atoms with E-state index in [1.807, 2.05) is 6.92 Å². The van der Waals surface area contributed by atoms with E-state index < -0.39 is 55.0 Å². The molecular weight excluding hydrogens is 444 g/mol. The third kappa shape index (κ3) is 8.69. The van der Waals surface area contributed by atoms with Gasteiger partial charge in [0.1, 0.15) is 23.9 Å². The number of hydrogen-bond acceptors (Lipinski definition) is 7. The Labute approximate surface area is 190 Å². The molecule has 0 bridgehead atoms. The van der Waals surface area contributed by atoms with Gasteiger partial charge in [0.05, 0.1) is 13.2 Å². The van der Waals surface area contributed by atoms with Crippen molar-refractivity contribution in [3.63, 3.8) is 0 Å². The van der Waals surface area contributed by atoms with Gasteiger partial charge in [-0.3, -0.25) is 14.4 Å². The molecule has 32 heavy (non-hydrogen) atoms. The summed E-state index contributed by atoms with van der Waals surface area (Å²) in [6, 6.07) is 2.90.